The predicted octanol–water partition coefficient (Wildman–Crippen LogP) is 8.35. The number of nitrogens with zero attached hydrogens (tertiary/aromatic N) is 3. The second-order valence-corrected chi connectivity index (χ2v) is 13.9. The molecule has 254 valence electrons. The number of aryl methyl sites for hydroxylation is 1. The first-order valence-electron chi connectivity index (χ1n) is 16.1. The van der Waals surface area contributed by atoms with Crippen molar-refractivity contribution in [3.63, 3.8) is 0 Å². The second-order valence-electron chi connectivity index (χ2n) is 13.9. The highest BCUT2D eigenvalue weighted by Crippen LogP contribution is 2.43. The molecular formula is C36H52F2N4O4. The largest absolute Gasteiger partial charge is 0.489 e. The third-order valence-electron chi connectivity index (χ3n) is 7.91. The number of rotatable bonds is 14. The molecule has 2 aromatic heterocycles. The van der Waals surface area contributed by atoms with Gasteiger partial charge in [-0.05, 0) is 84.1 Å². The molecule has 0 spiro atoms. The summed E-state index contributed by atoms with van der Waals surface area (Å²) in [6.07, 6.45) is 5.50. The normalized spacial score (nSPS) is 15.7. The Labute approximate surface area is 274 Å². The van der Waals surface area contributed by atoms with E-state index in [0.29, 0.717) is 13.2 Å². The van der Waals surface area contributed by atoms with E-state index in [2.05, 4.69) is 44.8 Å². The highest BCUT2D eigenvalue weighted by atomic mass is 19.1. The average molecular weight is 643 g/mol. The zero-order valence-electron chi connectivity index (χ0n) is 28.6. The van der Waals surface area contributed by atoms with Crippen molar-refractivity contribution in [2.24, 2.45) is 5.41 Å². The molecule has 0 bridgehead atoms. The first-order valence-corrected chi connectivity index (χ1v) is 16.1. The summed E-state index contributed by atoms with van der Waals surface area (Å²) in [6.45, 7) is 19.7. The minimum atomic E-state index is -0.726. The van der Waals surface area contributed by atoms with Gasteiger partial charge in [-0.1, -0.05) is 13.8 Å². The number of nitrogens with one attached hydrogen (secondary N) is 1. The molecule has 3 aromatic rings. The maximum Gasteiger partial charge on any atom is 0.167 e. The molecule has 0 radical (unpaired) electrons. The lowest BCUT2D eigenvalue weighted by Crippen LogP contribution is -2.39. The van der Waals surface area contributed by atoms with Crippen molar-refractivity contribution in [1.82, 2.24) is 9.97 Å². The van der Waals surface area contributed by atoms with Crippen LogP contribution in [0.1, 0.15) is 80.1 Å². The van der Waals surface area contributed by atoms with Gasteiger partial charge in [0.15, 0.2) is 11.6 Å². The van der Waals surface area contributed by atoms with Gasteiger partial charge >= 0.3 is 0 Å². The van der Waals surface area contributed by atoms with Crippen molar-refractivity contribution in [3.05, 3.63) is 65.6 Å². The van der Waals surface area contributed by atoms with Crippen LogP contribution in [0, 0.1) is 24.0 Å². The summed E-state index contributed by atoms with van der Waals surface area (Å²) in [5, 5.41) is 3.25. The Hall–Kier alpha value is -3.34. The van der Waals surface area contributed by atoms with Crippen LogP contribution in [-0.4, -0.2) is 61.3 Å². The molecule has 0 unspecified atom stereocenters. The van der Waals surface area contributed by atoms with Gasteiger partial charge in [0.05, 0.1) is 41.6 Å². The van der Waals surface area contributed by atoms with Crippen LogP contribution in [0.25, 0.3) is 11.3 Å². The van der Waals surface area contributed by atoms with Crippen LogP contribution in [0.4, 0.5) is 20.2 Å². The van der Waals surface area contributed by atoms with Gasteiger partial charge in [-0.3, -0.25) is 9.97 Å². The number of piperidine rings is 1. The summed E-state index contributed by atoms with van der Waals surface area (Å²) >= 11 is 0. The number of pyridine rings is 2. The number of hydrogen-bond acceptors (Lipinski definition) is 8. The van der Waals surface area contributed by atoms with E-state index in [9.17, 15) is 8.78 Å². The standard InChI is InChI=1S/C36H50F2N4O4.H2/c1-24(2)45-23-43-22-32(46-35(4,5)6)33-25(3)40-21-28(34(33)42-16-13-36(7,8)14-17-42)30-11-10-27(20-41-30)39-15-18-44-31-12-9-26(37)19-29(31)38;/h9-12,19-21,24,32,39H,13-18,22-23H2,1-8H3;1H/t32-;/m1./s1. The molecule has 1 saturated heterocycles. The number of anilines is 2. The molecule has 1 aromatic carbocycles. The number of hydrogen-bond donors (Lipinski definition) is 1. The molecule has 4 rings (SSSR count). The highest BCUT2D eigenvalue weighted by molar-refractivity contribution is 5.80. The van der Waals surface area contributed by atoms with Crippen LogP contribution in [-0.2, 0) is 14.2 Å². The number of benzene rings is 1. The van der Waals surface area contributed by atoms with Crippen molar-refractivity contribution in [2.75, 3.05) is 49.9 Å². The Balaban J connectivity index is 0.00000600. The average Bonchev–Trinajstić information content (AvgIpc) is 2.97. The van der Waals surface area contributed by atoms with E-state index in [0.717, 1.165) is 65.9 Å². The van der Waals surface area contributed by atoms with Crippen LogP contribution < -0.4 is 15.0 Å². The van der Waals surface area contributed by atoms with E-state index >= 15 is 0 Å². The Morgan fingerprint density at radius 3 is 2.41 bits per heavy atom. The van der Waals surface area contributed by atoms with Crippen molar-refractivity contribution < 1.29 is 29.2 Å². The van der Waals surface area contributed by atoms with Crippen LogP contribution >= 0.6 is 0 Å². The fraction of sp³-hybridized carbons (Fsp3) is 0.556. The first kappa shape index (κ1) is 35.5. The summed E-state index contributed by atoms with van der Waals surface area (Å²) in [6, 6.07) is 7.20. The van der Waals surface area contributed by atoms with E-state index in [1.165, 1.54) is 12.1 Å². The molecule has 0 amide bonds. The quantitative estimate of drug-likeness (QED) is 0.139. The minimum absolute atomic E-state index is 0. The zero-order valence-corrected chi connectivity index (χ0v) is 28.6. The maximum absolute atomic E-state index is 13.9. The second kappa shape index (κ2) is 15.5. The third kappa shape index (κ3) is 10.1. The summed E-state index contributed by atoms with van der Waals surface area (Å²) in [5.41, 5.74) is 5.34. The minimum Gasteiger partial charge on any atom is -0.489 e. The molecule has 10 heteroatoms. The molecule has 8 nitrogen and oxygen atoms in total. The molecule has 46 heavy (non-hydrogen) atoms. The van der Waals surface area contributed by atoms with Crippen molar-refractivity contribution >= 4 is 11.4 Å². The topological polar surface area (TPSA) is 78.0 Å². The van der Waals surface area contributed by atoms with Gasteiger partial charge in [0, 0.05) is 50.1 Å². The third-order valence-corrected chi connectivity index (χ3v) is 7.91. The molecule has 1 fully saturated rings. The smallest absolute Gasteiger partial charge is 0.167 e. The van der Waals surface area contributed by atoms with Crippen LogP contribution in [0.2, 0.25) is 0 Å². The van der Waals surface area contributed by atoms with Gasteiger partial charge in [-0.2, -0.15) is 0 Å². The Morgan fingerprint density at radius 1 is 1.04 bits per heavy atom. The molecule has 1 aliphatic heterocycles. The van der Waals surface area contributed by atoms with Gasteiger partial charge in [-0.25, -0.2) is 8.78 Å². The van der Waals surface area contributed by atoms with E-state index in [-0.39, 0.29) is 38.2 Å². The highest BCUT2D eigenvalue weighted by Gasteiger charge is 2.33. The fourth-order valence-electron chi connectivity index (χ4n) is 5.41. The van der Waals surface area contributed by atoms with Gasteiger partial charge in [0.25, 0.3) is 0 Å². The van der Waals surface area contributed by atoms with Crippen molar-refractivity contribution in [2.45, 2.75) is 86.0 Å². The van der Waals surface area contributed by atoms with E-state index in [4.69, 9.17) is 28.9 Å². The van der Waals surface area contributed by atoms with E-state index in [1.807, 2.05) is 39.1 Å². The summed E-state index contributed by atoms with van der Waals surface area (Å²) in [7, 11) is 0. The lowest BCUT2D eigenvalue weighted by molar-refractivity contribution is -0.136. The van der Waals surface area contributed by atoms with Gasteiger partial charge in [0.2, 0.25) is 0 Å². The van der Waals surface area contributed by atoms with Gasteiger partial charge in [0.1, 0.15) is 25.3 Å². The molecular weight excluding hydrogens is 590 g/mol. The molecule has 0 saturated carbocycles. The molecule has 3 heterocycles. The summed E-state index contributed by atoms with van der Waals surface area (Å²) in [5.74, 6) is -1.35. The zero-order chi connectivity index (χ0) is 33.5. The maximum atomic E-state index is 13.9. The first-order chi connectivity index (χ1) is 21.7. The Morgan fingerprint density at radius 2 is 1.78 bits per heavy atom. The molecule has 0 aliphatic carbocycles. The van der Waals surface area contributed by atoms with E-state index in [1.54, 1.807) is 6.20 Å². The van der Waals surface area contributed by atoms with Crippen molar-refractivity contribution in [1.29, 1.82) is 0 Å². The molecule has 1 aliphatic rings. The van der Waals surface area contributed by atoms with Crippen LogP contribution in [0.3, 0.4) is 0 Å². The molecule has 1 atom stereocenters. The lowest BCUT2D eigenvalue weighted by atomic mass is 9.82. The summed E-state index contributed by atoms with van der Waals surface area (Å²) in [4.78, 5) is 12.1. The van der Waals surface area contributed by atoms with Gasteiger partial charge in [-0.15, -0.1) is 0 Å². The number of halogens is 2. The van der Waals surface area contributed by atoms with Crippen molar-refractivity contribution in [3.8, 4) is 17.0 Å². The van der Waals surface area contributed by atoms with E-state index < -0.39 is 17.2 Å². The van der Waals surface area contributed by atoms with Crippen LogP contribution in [0.5, 0.6) is 5.75 Å². The predicted molar refractivity (Wildman–Crippen MR) is 181 cm³/mol. The van der Waals surface area contributed by atoms with Crippen LogP contribution in [0.15, 0.2) is 42.7 Å². The Bertz CT molecular complexity index is 1420. The summed E-state index contributed by atoms with van der Waals surface area (Å²) < 4.78 is 50.9. The fourth-order valence-corrected chi connectivity index (χ4v) is 5.41. The van der Waals surface area contributed by atoms with Gasteiger partial charge < -0.3 is 29.2 Å². The SMILES string of the molecule is Cc1ncc(-c2ccc(NCCOc3ccc(F)cc3F)cn2)c(N2CCC(C)(C)CC2)c1[C@@H](COCOC(C)C)OC(C)(C)C.[HH]. The number of ether oxygens (including phenoxy) is 4. The lowest BCUT2D eigenvalue weighted by Gasteiger charge is -2.41. The monoisotopic (exact) mass is 642 g/mol. The Kier molecular flexibility index (Phi) is 12.0. The number of aromatic nitrogens is 2. The molecule has 1 N–H and O–H groups in total.